The molecule has 9 N–H and O–H groups in total. The largest absolute Gasteiger partial charge is 0.394 e. The Hall–Kier alpha value is -2.83. The minimum absolute atomic E-state index is 0.240. The van der Waals surface area contributed by atoms with Crippen molar-refractivity contribution in [3.63, 3.8) is 0 Å². The molecule has 0 aromatic heterocycles. The average molecular weight is 1190 g/mol. The van der Waals surface area contributed by atoms with Gasteiger partial charge in [-0.1, -0.05) is 266 Å². The van der Waals surface area contributed by atoms with E-state index in [0.29, 0.717) is 6.42 Å². The second-order valence-corrected chi connectivity index (χ2v) is 23.6. The Morgan fingerprint density at radius 2 is 0.821 bits per heavy atom. The Bertz CT molecular complexity index is 1730. The van der Waals surface area contributed by atoms with E-state index in [1.807, 2.05) is 6.08 Å². The maximum atomic E-state index is 13.3. The summed E-state index contributed by atoms with van der Waals surface area (Å²) in [5.74, 6) is -0.240. The van der Waals surface area contributed by atoms with Gasteiger partial charge in [0.25, 0.3) is 0 Å². The summed E-state index contributed by atoms with van der Waals surface area (Å²) in [7, 11) is 0. The zero-order valence-electron chi connectivity index (χ0n) is 52.6. The van der Waals surface area contributed by atoms with Gasteiger partial charge in [0.1, 0.15) is 48.8 Å². The van der Waals surface area contributed by atoms with Gasteiger partial charge in [-0.25, -0.2) is 0 Å². The molecule has 1 amide bonds. The lowest BCUT2D eigenvalue weighted by Crippen LogP contribution is -2.65. The van der Waals surface area contributed by atoms with Crippen LogP contribution in [-0.4, -0.2) is 140 Å². The first-order chi connectivity index (χ1) is 41.1. The van der Waals surface area contributed by atoms with Gasteiger partial charge in [0.15, 0.2) is 12.6 Å². The lowest BCUT2D eigenvalue weighted by atomic mass is 9.97. The topological polar surface area (TPSA) is 228 Å². The van der Waals surface area contributed by atoms with Gasteiger partial charge < -0.3 is 65.1 Å². The molecule has 2 aliphatic heterocycles. The molecule has 12 unspecified atom stereocenters. The van der Waals surface area contributed by atoms with Crippen molar-refractivity contribution in [3.8, 4) is 0 Å². The number of hydrogen-bond acceptors (Lipinski definition) is 13. The fraction of sp³-hybridized carbons (Fsp3) is 0.786. The summed E-state index contributed by atoms with van der Waals surface area (Å²) in [6, 6.07) is -0.915. The molecule has 12 atom stereocenters. The number of ether oxygens (including phenoxy) is 4. The van der Waals surface area contributed by atoms with Crippen molar-refractivity contribution in [2.45, 2.75) is 331 Å². The molecule has 0 aromatic rings. The summed E-state index contributed by atoms with van der Waals surface area (Å²) in [6.45, 7) is 2.67. The van der Waals surface area contributed by atoms with Crippen molar-refractivity contribution in [2.75, 3.05) is 19.8 Å². The Morgan fingerprint density at radius 1 is 0.440 bits per heavy atom. The standard InChI is InChI=1S/C70H123NO13/c1-3-5-7-9-11-13-15-16-17-18-19-20-21-22-23-24-25-26-27-28-29-30-31-32-33-34-35-36-37-38-39-40-41-42-44-46-48-50-52-54-62(75)71-58(59(74)53-51-49-47-45-43-14-12-10-8-6-4-2)57-81-69-67(80)65(78)68(61(56-73)83-69)84-70-66(79)64(77)63(76)60(55-72)82-70/h5,7,11,13,16-17,19-20,22-23,25-26,51,53,58-61,63-70,72-74,76-80H,3-4,6,8-10,12,14-15,18,21,24,27-50,52,54-57H2,1-2H3,(H,71,75)/b7-5-,13-11-,17-16-,20-19-,23-22-,26-25-,53-51+. The van der Waals surface area contributed by atoms with Gasteiger partial charge in [0, 0.05) is 6.42 Å². The minimum Gasteiger partial charge on any atom is -0.394 e. The number of aliphatic hydroxyl groups is 8. The molecular weight excluding hydrogens is 1060 g/mol. The van der Waals surface area contributed by atoms with Crippen molar-refractivity contribution in [1.82, 2.24) is 5.32 Å². The van der Waals surface area contributed by atoms with Gasteiger partial charge in [0.2, 0.25) is 5.91 Å². The third-order valence-electron chi connectivity index (χ3n) is 16.1. The Kier molecular flexibility index (Phi) is 50.0. The smallest absolute Gasteiger partial charge is 0.220 e. The van der Waals surface area contributed by atoms with E-state index in [0.717, 1.165) is 77.0 Å². The maximum absolute atomic E-state index is 13.3. The van der Waals surface area contributed by atoms with Gasteiger partial charge >= 0.3 is 0 Å². The number of unbranched alkanes of at least 4 members (excludes halogenated alkanes) is 29. The van der Waals surface area contributed by atoms with Crippen LogP contribution in [0.25, 0.3) is 0 Å². The molecule has 2 heterocycles. The van der Waals surface area contributed by atoms with E-state index in [1.54, 1.807) is 6.08 Å². The highest BCUT2D eigenvalue weighted by Crippen LogP contribution is 2.30. The maximum Gasteiger partial charge on any atom is 0.220 e. The fourth-order valence-corrected chi connectivity index (χ4v) is 10.7. The molecule has 2 saturated heterocycles. The quantitative estimate of drug-likeness (QED) is 0.0204. The summed E-state index contributed by atoms with van der Waals surface area (Å²) in [5.41, 5.74) is 0. The molecule has 0 radical (unpaired) electrons. The van der Waals surface area contributed by atoms with E-state index in [-0.39, 0.29) is 18.9 Å². The van der Waals surface area contributed by atoms with Gasteiger partial charge in [-0.15, -0.1) is 0 Å². The average Bonchev–Trinajstić information content (AvgIpc) is 3.59. The molecule has 2 fully saturated rings. The first-order valence-electron chi connectivity index (χ1n) is 33.8. The van der Waals surface area contributed by atoms with E-state index in [2.05, 4.69) is 92.1 Å². The van der Waals surface area contributed by atoms with Crippen LogP contribution in [0.4, 0.5) is 0 Å². The first kappa shape index (κ1) is 77.3. The second-order valence-electron chi connectivity index (χ2n) is 23.6. The predicted molar refractivity (Wildman–Crippen MR) is 341 cm³/mol. The Balaban J connectivity index is 1.55. The minimum atomic E-state index is -1.79. The molecular formula is C70H123NO13. The normalized spacial score (nSPS) is 24.2. The van der Waals surface area contributed by atoms with Crippen molar-refractivity contribution in [2.24, 2.45) is 0 Å². The van der Waals surface area contributed by atoms with Crippen LogP contribution in [0.5, 0.6) is 0 Å². The van der Waals surface area contributed by atoms with Crippen molar-refractivity contribution >= 4 is 5.91 Å². The molecule has 0 aromatic carbocycles. The molecule has 0 spiro atoms. The molecule has 14 nitrogen and oxygen atoms in total. The fourth-order valence-electron chi connectivity index (χ4n) is 10.7. The number of amides is 1. The molecule has 2 rings (SSSR count). The number of carbonyl (C=O) groups excluding carboxylic acids is 1. The van der Waals surface area contributed by atoms with Gasteiger partial charge in [-0.2, -0.15) is 0 Å². The molecule has 0 aliphatic carbocycles. The number of carbonyl (C=O) groups is 1. The molecule has 0 bridgehead atoms. The third kappa shape index (κ3) is 38.4. The Labute approximate surface area is 510 Å². The van der Waals surface area contributed by atoms with Crippen LogP contribution in [0.15, 0.2) is 85.1 Å². The monoisotopic (exact) mass is 1190 g/mol. The number of rotatable bonds is 54. The zero-order valence-corrected chi connectivity index (χ0v) is 52.6. The number of aliphatic hydroxyl groups excluding tert-OH is 8. The summed E-state index contributed by atoms with van der Waals surface area (Å²) < 4.78 is 22.8. The zero-order chi connectivity index (χ0) is 60.9. The Morgan fingerprint density at radius 3 is 1.26 bits per heavy atom. The van der Waals surface area contributed by atoms with Crippen LogP contribution in [0, 0.1) is 0 Å². The summed E-state index contributed by atoms with van der Waals surface area (Å²) in [6.07, 6.45) is 58.1. The van der Waals surface area contributed by atoms with E-state index in [9.17, 15) is 45.6 Å². The molecule has 0 saturated carbocycles. The molecule has 486 valence electrons. The highest BCUT2D eigenvalue weighted by atomic mass is 16.7. The number of hydrogen-bond donors (Lipinski definition) is 9. The van der Waals surface area contributed by atoms with Gasteiger partial charge in [-0.3, -0.25) is 4.79 Å². The number of nitrogens with one attached hydrogen (secondary N) is 1. The van der Waals surface area contributed by atoms with Crippen molar-refractivity contribution in [3.05, 3.63) is 85.1 Å². The third-order valence-corrected chi connectivity index (χ3v) is 16.1. The van der Waals surface area contributed by atoms with Crippen molar-refractivity contribution < 1.29 is 64.6 Å². The molecule has 84 heavy (non-hydrogen) atoms. The summed E-state index contributed by atoms with van der Waals surface area (Å²) >= 11 is 0. The number of allylic oxidation sites excluding steroid dienone is 13. The second kappa shape index (κ2) is 54.3. The van der Waals surface area contributed by atoms with Crippen LogP contribution in [0.1, 0.15) is 258 Å². The predicted octanol–water partition coefficient (Wildman–Crippen LogP) is 13.2. The first-order valence-corrected chi connectivity index (χ1v) is 33.8. The lowest BCUT2D eigenvalue weighted by Gasteiger charge is -2.46. The van der Waals surface area contributed by atoms with Crippen LogP contribution in [0.3, 0.4) is 0 Å². The highest BCUT2D eigenvalue weighted by molar-refractivity contribution is 5.76. The summed E-state index contributed by atoms with van der Waals surface area (Å²) in [4.78, 5) is 13.3. The van der Waals surface area contributed by atoms with Crippen LogP contribution in [0.2, 0.25) is 0 Å². The highest BCUT2D eigenvalue weighted by Gasteiger charge is 2.51. The van der Waals surface area contributed by atoms with E-state index in [1.165, 1.54) is 154 Å². The lowest BCUT2D eigenvalue weighted by molar-refractivity contribution is -0.359. The van der Waals surface area contributed by atoms with E-state index < -0.39 is 86.8 Å². The van der Waals surface area contributed by atoms with Crippen LogP contribution in [-0.2, 0) is 23.7 Å². The van der Waals surface area contributed by atoms with Gasteiger partial charge in [0.05, 0.1) is 32.0 Å². The van der Waals surface area contributed by atoms with Crippen LogP contribution >= 0.6 is 0 Å². The van der Waals surface area contributed by atoms with E-state index >= 15 is 0 Å². The van der Waals surface area contributed by atoms with Crippen molar-refractivity contribution in [1.29, 1.82) is 0 Å². The van der Waals surface area contributed by atoms with Gasteiger partial charge in [-0.05, 0) is 70.6 Å². The van der Waals surface area contributed by atoms with E-state index in [4.69, 9.17) is 18.9 Å². The molecule has 2 aliphatic rings. The summed E-state index contributed by atoms with van der Waals surface area (Å²) in [5, 5.41) is 87.1. The molecule has 14 heteroatoms. The van der Waals surface area contributed by atoms with Crippen LogP contribution < -0.4 is 5.32 Å². The SMILES string of the molecule is CC/C=C\C/C=C\C/C=C\C/C=C\C/C=C\C/C=C\CCCCCCCCCCCCCCCCCCCCCCC(=O)NC(COC1OC(CO)C(OC2OC(CO)C(O)C(O)C2O)C(O)C1O)C(O)/C=C/CCCCCCCCCCC.